The molecular weight excluding hydrogens is 267 g/mol. The summed E-state index contributed by atoms with van der Waals surface area (Å²) in [5.41, 5.74) is 0.997. The highest BCUT2D eigenvalue weighted by molar-refractivity contribution is 7.85. The van der Waals surface area contributed by atoms with Gasteiger partial charge < -0.3 is 5.11 Å². The molecule has 0 bridgehead atoms. The third kappa shape index (κ3) is 3.60. The number of hydrogen-bond donors (Lipinski definition) is 2. The summed E-state index contributed by atoms with van der Waals surface area (Å²) in [6.07, 6.45) is 0. The number of phenols is 1. The number of phenolic OH excluding ortho intramolecular Hbond substituents is 1. The van der Waals surface area contributed by atoms with Gasteiger partial charge in [-0.3, -0.25) is 4.55 Å². The zero-order chi connectivity index (χ0) is 13.9. The first-order valence-electron chi connectivity index (χ1n) is 5.23. The van der Waals surface area contributed by atoms with Gasteiger partial charge in [-0.05, 0) is 48.5 Å². The van der Waals surface area contributed by atoms with Gasteiger partial charge in [-0.15, -0.1) is 0 Å². The van der Waals surface area contributed by atoms with E-state index in [1.54, 1.807) is 12.1 Å². The number of rotatable bonds is 3. The quantitative estimate of drug-likeness (QED) is 0.665. The van der Waals surface area contributed by atoms with E-state index in [0.29, 0.717) is 11.4 Å². The van der Waals surface area contributed by atoms with Gasteiger partial charge in [-0.1, -0.05) is 0 Å². The van der Waals surface area contributed by atoms with Crippen LogP contribution >= 0.6 is 0 Å². The monoisotopic (exact) mass is 277 g/mol. The molecule has 19 heavy (non-hydrogen) atoms. The topological polar surface area (TPSA) is 99.3 Å². The zero-order valence-electron chi connectivity index (χ0n) is 9.63. The molecule has 2 aromatic carbocycles. The fourth-order valence-corrected chi connectivity index (χ4v) is 1.80. The van der Waals surface area contributed by atoms with Crippen molar-refractivity contribution in [3.63, 3.8) is 0 Å². The van der Waals surface area contributed by atoms with Crippen molar-refractivity contribution in [1.82, 2.24) is 0 Å². The smallest absolute Gasteiger partial charge is 0.294 e. The molecule has 0 saturated heterocycles. The van der Waals surface area contributed by atoms with Crippen LogP contribution < -0.4 is 0 Å². The minimum Gasteiger partial charge on any atom is -0.508 e. The molecule has 0 unspecified atom stereocenters. The first-order chi connectivity index (χ1) is 8.95. The van der Waals surface area contributed by atoms with E-state index in [0.717, 1.165) is 0 Å². The second kappa shape index (κ2) is 5.17. The summed E-state index contributed by atoms with van der Waals surface area (Å²) < 4.78 is 30.5. The molecule has 0 heterocycles. The summed E-state index contributed by atoms with van der Waals surface area (Å²) in [5, 5.41) is 16.9. The maximum absolute atomic E-state index is 10.8. The Hall–Kier alpha value is -2.25. The van der Waals surface area contributed by atoms with Gasteiger partial charge in [0.2, 0.25) is 0 Å². The molecule has 0 fully saturated rings. The van der Waals surface area contributed by atoms with Gasteiger partial charge >= 0.3 is 0 Å². The van der Waals surface area contributed by atoms with Gasteiger partial charge in [0, 0.05) is 0 Å². The van der Waals surface area contributed by atoms with Crippen LogP contribution in [0.15, 0.2) is 63.7 Å². The summed E-state index contributed by atoms with van der Waals surface area (Å²) in [6, 6.07) is 11.5. The lowest BCUT2D eigenvalue weighted by molar-refractivity contribution is 0.475. The van der Waals surface area contributed by atoms with Gasteiger partial charge in [-0.25, -0.2) is 0 Å². The number of nitrogens with zero attached hydrogens (tertiary/aromatic N) is 2. The average Bonchev–Trinajstić information content (AvgIpc) is 2.37. The molecule has 0 aliphatic heterocycles. The molecule has 0 spiro atoms. The lowest BCUT2D eigenvalue weighted by Crippen LogP contribution is -1.96. The predicted octanol–water partition coefficient (Wildman–Crippen LogP) is 3.05. The van der Waals surface area contributed by atoms with Gasteiger partial charge in [-0.2, -0.15) is 18.6 Å². The molecule has 7 heteroatoms. The van der Waals surface area contributed by atoms with E-state index in [1.165, 1.54) is 36.4 Å². The standard InChI is InChI=1S/C12H10N2O4S/c15-11-5-1-9(2-6-11)13-14-10-3-7-12(8-4-10)19(16,17)18/h1-8,15H,(H,16,17,18)/i13-1. The Labute approximate surface area is 109 Å². The van der Waals surface area contributed by atoms with E-state index in [2.05, 4.69) is 10.2 Å². The maximum Gasteiger partial charge on any atom is 0.294 e. The maximum atomic E-state index is 10.8. The summed E-state index contributed by atoms with van der Waals surface area (Å²) in [7, 11) is -4.19. The zero-order valence-corrected chi connectivity index (χ0v) is 10.4. The van der Waals surface area contributed by atoms with Gasteiger partial charge in [0.05, 0.1) is 16.3 Å². The minimum atomic E-state index is -4.19. The Kier molecular flexibility index (Phi) is 3.59. The Balaban J connectivity index is 2.18. The number of hydrogen-bond acceptors (Lipinski definition) is 5. The van der Waals surface area contributed by atoms with E-state index >= 15 is 0 Å². The fourth-order valence-electron chi connectivity index (χ4n) is 1.32. The Morgan fingerprint density at radius 2 is 1.53 bits per heavy atom. The second-order valence-corrected chi connectivity index (χ2v) is 5.11. The molecule has 0 aliphatic rings. The second-order valence-electron chi connectivity index (χ2n) is 3.69. The number of benzene rings is 2. The third-order valence-electron chi connectivity index (χ3n) is 2.27. The van der Waals surface area contributed by atoms with Crippen LogP contribution in [-0.2, 0) is 10.1 Å². The first-order valence-corrected chi connectivity index (χ1v) is 6.67. The minimum absolute atomic E-state index is 0.136. The molecule has 2 rings (SSSR count). The summed E-state index contributed by atoms with van der Waals surface area (Å²) in [5.74, 6) is 0.136. The highest BCUT2D eigenvalue weighted by atomic mass is 32.2. The molecule has 2 N–H and O–H groups in total. The van der Waals surface area contributed by atoms with Crippen LogP contribution in [0.5, 0.6) is 5.75 Å². The molecular formula is C12H10N2O4S. The van der Waals surface area contributed by atoms with Crippen molar-refractivity contribution in [1.29, 1.82) is 0 Å². The van der Waals surface area contributed by atoms with Crippen molar-refractivity contribution in [3.05, 3.63) is 48.5 Å². The SMILES string of the molecule is O=S(=O)(O)c1ccc(N=[13N]c2ccc(O)cc2)cc1. The number of azo groups is 1. The Bertz CT molecular complexity index is 692. The van der Waals surface area contributed by atoms with Crippen LogP contribution in [0, 0.1) is 0 Å². The molecule has 98 valence electrons. The van der Waals surface area contributed by atoms with Gasteiger partial charge in [0.25, 0.3) is 10.1 Å². The highest BCUT2D eigenvalue weighted by Crippen LogP contribution is 2.21. The summed E-state index contributed by atoms with van der Waals surface area (Å²) >= 11 is 0. The fraction of sp³-hybridized carbons (Fsp3) is 0. The van der Waals surface area contributed by atoms with Crippen LogP contribution in [-0.4, -0.2) is 18.1 Å². The van der Waals surface area contributed by atoms with E-state index in [4.69, 9.17) is 9.66 Å². The lowest BCUT2D eigenvalue weighted by atomic mass is 10.3. The molecule has 0 aromatic heterocycles. The van der Waals surface area contributed by atoms with Crippen LogP contribution in [0.2, 0.25) is 0 Å². The largest absolute Gasteiger partial charge is 0.508 e. The van der Waals surface area contributed by atoms with Crippen molar-refractivity contribution in [2.75, 3.05) is 0 Å². The lowest BCUT2D eigenvalue weighted by Gasteiger charge is -1.97. The van der Waals surface area contributed by atoms with Crippen molar-refractivity contribution >= 4 is 21.5 Å². The highest BCUT2D eigenvalue weighted by Gasteiger charge is 2.07. The van der Waals surface area contributed by atoms with E-state index in [-0.39, 0.29) is 10.6 Å². The average molecular weight is 277 g/mol. The van der Waals surface area contributed by atoms with Crippen LogP contribution in [0.3, 0.4) is 0 Å². The summed E-state index contributed by atoms with van der Waals surface area (Å²) in [4.78, 5) is -0.198. The summed E-state index contributed by atoms with van der Waals surface area (Å²) in [6.45, 7) is 0. The molecule has 2 aromatic rings. The van der Waals surface area contributed by atoms with Gasteiger partial charge in [0.1, 0.15) is 5.75 Å². The Morgan fingerprint density at radius 1 is 0.947 bits per heavy atom. The Morgan fingerprint density at radius 3 is 2.05 bits per heavy atom. The predicted molar refractivity (Wildman–Crippen MR) is 68.5 cm³/mol. The van der Waals surface area contributed by atoms with E-state index < -0.39 is 10.1 Å². The van der Waals surface area contributed by atoms with Gasteiger partial charge in [0.15, 0.2) is 0 Å². The van der Waals surface area contributed by atoms with Crippen molar-refractivity contribution in [3.8, 4) is 5.75 Å². The first kappa shape index (κ1) is 13.2. The molecule has 0 saturated carbocycles. The normalized spacial score (nSPS) is 11.8. The van der Waals surface area contributed by atoms with Crippen LogP contribution in [0.4, 0.5) is 11.4 Å². The van der Waals surface area contributed by atoms with E-state index in [9.17, 15) is 8.42 Å². The van der Waals surface area contributed by atoms with Crippen LogP contribution in [0.25, 0.3) is 0 Å². The molecule has 0 radical (unpaired) electrons. The molecule has 0 aliphatic carbocycles. The number of aromatic hydroxyl groups is 1. The van der Waals surface area contributed by atoms with Crippen molar-refractivity contribution in [2.45, 2.75) is 4.90 Å². The van der Waals surface area contributed by atoms with Crippen molar-refractivity contribution in [2.24, 2.45) is 10.2 Å². The molecule has 6 nitrogen and oxygen atoms in total. The van der Waals surface area contributed by atoms with Crippen LogP contribution in [0.1, 0.15) is 0 Å². The van der Waals surface area contributed by atoms with E-state index in [1.807, 2.05) is 0 Å². The van der Waals surface area contributed by atoms with Crippen molar-refractivity contribution < 1.29 is 18.1 Å². The molecule has 0 atom stereocenters. The third-order valence-corrected chi connectivity index (χ3v) is 3.13. The molecule has 0 amide bonds.